The summed E-state index contributed by atoms with van der Waals surface area (Å²) in [5.74, 6) is 0.690. The van der Waals surface area contributed by atoms with Gasteiger partial charge in [0.25, 0.3) is 0 Å². The first kappa shape index (κ1) is 23.8. The number of anilines is 1. The number of hydrogen-bond donors (Lipinski definition) is 2. The second-order valence-electron chi connectivity index (χ2n) is 8.79. The number of pyridine rings is 1. The first-order valence-corrected chi connectivity index (χ1v) is 12.4. The molecule has 3 aromatic heterocycles. The van der Waals surface area contributed by atoms with Crippen molar-refractivity contribution in [1.82, 2.24) is 24.9 Å². The maximum Gasteiger partial charge on any atom is 0.162 e. The van der Waals surface area contributed by atoms with Gasteiger partial charge in [-0.25, -0.2) is 24.3 Å². The summed E-state index contributed by atoms with van der Waals surface area (Å²) in [7, 11) is 0. The predicted molar refractivity (Wildman–Crippen MR) is 147 cm³/mol. The van der Waals surface area contributed by atoms with E-state index in [-0.39, 0.29) is 6.10 Å². The van der Waals surface area contributed by atoms with E-state index < -0.39 is 5.82 Å². The minimum Gasteiger partial charge on any atom is -0.485 e. The van der Waals surface area contributed by atoms with Crippen LogP contribution >= 0.6 is 11.6 Å². The smallest absolute Gasteiger partial charge is 0.162 e. The van der Waals surface area contributed by atoms with Gasteiger partial charge in [0, 0.05) is 17.5 Å². The zero-order valence-corrected chi connectivity index (χ0v) is 21.1. The van der Waals surface area contributed by atoms with Gasteiger partial charge in [0.15, 0.2) is 11.5 Å². The third-order valence-electron chi connectivity index (χ3n) is 6.31. The maximum atomic E-state index is 14.7. The Hall–Kier alpha value is -4.56. The highest BCUT2D eigenvalue weighted by Crippen LogP contribution is 2.37. The number of ether oxygens (including phenoxy) is 1. The average Bonchev–Trinajstić information content (AvgIpc) is 3.43. The SMILES string of the molecule is CC(Oc1ccc(F)cc1-c1nc2c(Cl)cccc2cc1CNc1ncnc2[nH]cnc12)c1ccccc1. The van der Waals surface area contributed by atoms with Crippen LogP contribution in [0.3, 0.4) is 0 Å². The second-order valence-corrected chi connectivity index (χ2v) is 9.20. The zero-order chi connectivity index (χ0) is 26.1. The Morgan fingerprint density at radius 2 is 1.84 bits per heavy atom. The van der Waals surface area contributed by atoms with Crippen LogP contribution in [0.5, 0.6) is 5.75 Å². The molecule has 3 heterocycles. The first-order valence-electron chi connectivity index (χ1n) is 12.0. The fraction of sp³-hybridized carbons (Fsp3) is 0.103. The molecule has 0 radical (unpaired) electrons. The lowest BCUT2D eigenvalue weighted by Gasteiger charge is -2.20. The van der Waals surface area contributed by atoms with E-state index in [1.54, 1.807) is 18.5 Å². The van der Waals surface area contributed by atoms with Crippen molar-refractivity contribution in [2.45, 2.75) is 19.6 Å². The Kier molecular flexibility index (Phi) is 6.31. The van der Waals surface area contributed by atoms with E-state index in [4.69, 9.17) is 21.3 Å². The third-order valence-corrected chi connectivity index (χ3v) is 6.61. The van der Waals surface area contributed by atoms with Crippen molar-refractivity contribution in [1.29, 1.82) is 0 Å². The second kappa shape index (κ2) is 10.1. The molecule has 0 saturated carbocycles. The van der Waals surface area contributed by atoms with E-state index in [0.717, 1.165) is 16.5 Å². The number of imidazole rings is 1. The largest absolute Gasteiger partial charge is 0.485 e. The van der Waals surface area contributed by atoms with Gasteiger partial charge >= 0.3 is 0 Å². The van der Waals surface area contributed by atoms with Crippen LogP contribution in [0.25, 0.3) is 33.3 Å². The Morgan fingerprint density at radius 3 is 2.71 bits per heavy atom. The summed E-state index contributed by atoms with van der Waals surface area (Å²) in [6.07, 6.45) is 2.77. The first-order chi connectivity index (χ1) is 18.6. The molecule has 38 heavy (non-hydrogen) atoms. The molecule has 0 fully saturated rings. The molecular formula is C29H22ClFN6O. The molecule has 0 aliphatic heterocycles. The van der Waals surface area contributed by atoms with Crippen LogP contribution in [0.15, 0.2) is 85.5 Å². The molecule has 1 unspecified atom stereocenters. The Morgan fingerprint density at radius 1 is 0.974 bits per heavy atom. The van der Waals surface area contributed by atoms with Gasteiger partial charge in [-0.2, -0.15) is 0 Å². The summed E-state index contributed by atoms with van der Waals surface area (Å²) in [5, 5.41) is 4.71. The van der Waals surface area contributed by atoms with Crippen LogP contribution in [0, 0.1) is 5.82 Å². The lowest BCUT2D eigenvalue weighted by molar-refractivity contribution is 0.227. The Balaban J connectivity index is 1.45. The highest BCUT2D eigenvalue weighted by molar-refractivity contribution is 6.35. The maximum absolute atomic E-state index is 14.7. The Labute approximate surface area is 222 Å². The molecule has 0 aliphatic rings. The van der Waals surface area contributed by atoms with Crippen LogP contribution in [-0.4, -0.2) is 24.9 Å². The quantitative estimate of drug-likeness (QED) is 0.231. The van der Waals surface area contributed by atoms with Crippen molar-refractivity contribution < 1.29 is 9.13 Å². The zero-order valence-electron chi connectivity index (χ0n) is 20.3. The monoisotopic (exact) mass is 524 g/mol. The fourth-order valence-electron chi connectivity index (χ4n) is 4.42. The van der Waals surface area contributed by atoms with Crippen molar-refractivity contribution in [3.05, 3.63) is 107 Å². The van der Waals surface area contributed by atoms with Crippen molar-refractivity contribution in [3.63, 3.8) is 0 Å². The van der Waals surface area contributed by atoms with Gasteiger partial charge in [0.05, 0.1) is 22.6 Å². The molecule has 2 N–H and O–H groups in total. The molecule has 7 nitrogen and oxygen atoms in total. The molecule has 0 aliphatic carbocycles. The number of benzene rings is 3. The lowest BCUT2D eigenvalue weighted by atomic mass is 10.0. The normalized spacial score (nSPS) is 12.1. The molecular weight excluding hydrogens is 503 g/mol. The summed E-state index contributed by atoms with van der Waals surface area (Å²) in [4.78, 5) is 20.8. The van der Waals surface area contributed by atoms with E-state index in [9.17, 15) is 4.39 Å². The van der Waals surface area contributed by atoms with Gasteiger partial charge < -0.3 is 15.0 Å². The van der Waals surface area contributed by atoms with Crippen LogP contribution in [-0.2, 0) is 6.54 Å². The van der Waals surface area contributed by atoms with Crippen molar-refractivity contribution >= 4 is 39.5 Å². The summed E-state index contributed by atoms with van der Waals surface area (Å²) in [5.41, 5.74) is 4.77. The number of H-pyrrole nitrogens is 1. The van der Waals surface area contributed by atoms with Gasteiger partial charge in [-0.3, -0.25) is 0 Å². The van der Waals surface area contributed by atoms with Crippen molar-refractivity contribution in [2.24, 2.45) is 0 Å². The highest BCUT2D eigenvalue weighted by atomic mass is 35.5. The number of rotatable bonds is 7. The molecule has 1 atom stereocenters. The van der Waals surface area contributed by atoms with Gasteiger partial charge in [-0.05, 0) is 48.4 Å². The third kappa shape index (κ3) is 4.62. The molecule has 0 saturated heterocycles. The fourth-order valence-corrected chi connectivity index (χ4v) is 4.64. The van der Waals surface area contributed by atoms with Gasteiger partial charge in [0.1, 0.15) is 29.5 Å². The van der Waals surface area contributed by atoms with Crippen LogP contribution in [0.1, 0.15) is 24.2 Å². The number of nitrogens with zero attached hydrogens (tertiary/aromatic N) is 4. The number of halogens is 2. The number of fused-ring (bicyclic) bond motifs is 2. The predicted octanol–water partition coefficient (Wildman–Crippen LogP) is 7.11. The van der Waals surface area contributed by atoms with Crippen molar-refractivity contribution in [3.8, 4) is 17.0 Å². The molecule has 9 heteroatoms. The van der Waals surface area contributed by atoms with Crippen molar-refractivity contribution in [2.75, 3.05) is 5.32 Å². The van der Waals surface area contributed by atoms with E-state index in [1.165, 1.54) is 18.5 Å². The lowest BCUT2D eigenvalue weighted by Crippen LogP contribution is -2.08. The molecule has 188 valence electrons. The van der Waals surface area contributed by atoms with Crippen LogP contribution < -0.4 is 10.1 Å². The summed E-state index contributed by atoms with van der Waals surface area (Å²) in [6.45, 7) is 2.30. The van der Waals surface area contributed by atoms with Gasteiger partial charge in [0.2, 0.25) is 0 Å². The number of para-hydroxylation sites is 1. The number of nitrogens with one attached hydrogen (secondary N) is 2. The molecule has 0 amide bonds. The molecule has 0 spiro atoms. The van der Waals surface area contributed by atoms with E-state index >= 15 is 0 Å². The molecule has 6 rings (SSSR count). The molecule has 3 aromatic carbocycles. The van der Waals surface area contributed by atoms with E-state index in [1.807, 2.05) is 55.5 Å². The molecule has 6 aromatic rings. The van der Waals surface area contributed by atoms with E-state index in [2.05, 4.69) is 25.3 Å². The van der Waals surface area contributed by atoms with Crippen LogP contribution in [0.2, 0.25) is 5.02 Å². The summed E-state index contributed by atoms with van der Waals surface area (Å²) in [6, 6.07) is 21.9. The topological polar surface area (TPSA) is 88.6 Å². The highest BCUT2D eigenvalue weighted by Gasteiger charge is 2.19. The number of aromatic nitrogens is 5. The standard InChI is InChI=1S/C29H22ClFN6O/c1-17(18-6-3-2-4-7-18)38-24-11-10-21(31)13-22(24)25-20(12-19-8-5-9-23(30)26(19)37-25)14-32-28-27-29(34-15-33-27)36-16-35-28/h2-13,15-17H,14H2,1H3,(H2,32,33,34,35,36). The minimum absolute atomic E-state index is 0.264. The number of aromatic amines is 1. The summed E-state index contributed by atoms with van der Waals surface area (Å²) >= 11 is 6.52. The average molecular weight is 525 g/mol. The number of hydrogen-bond acceptors (Lipinski definition) is 6. The Bertz CT molecular complexity index is 1760. The van der Waals surface area contributed by atoms with Gasteiger partial charge in [-0.15, -0.1) is 0 Å². The molecule has 0 bridgehead atoms. The minimum atomic E-state index is -0.395. The van der Waals surface area contributed by atoms with E-state index in [0.29, 0.717) is 51.1 Å². The van der Waals surface area contributed by atoms with Gasteiger partial charge in [-0.1, -0.05) is 54.1 Å². The van der Waals surface area contributed by atoms with Crippen LogP contribution in [0.4, 0.5) is 10.2 Å². The summed E-state index contributed by atoms with van der Waals surface area (Å²) < 4.78 is 21.0.